The molecule has 10 nitrogen and oxygen atoms in total. The predicted molar refractivity (Wildman–Crippen MR) is 197 cm³/mol. The third-order valence-corrected chi connectivity index (χ3v) is 10.8. The minimum atomic E-state index is -0.650. The molecule has 0 aliphatic carbocycles. The van der Waals surface area contributed by atoms with Crippen molar-refractivity contribution < 1.29 is 9.59 Å². The Balaban J connectivity index is 1.30. The van der Waals surface area contributed by atoms with E-state index in [1.54, 1.807) is 18.3 Å². The van der Waals surface area contributed by atoms with E-state index in [0.29, 0.717) is 22.2 Å². The summed E-state index contributed by atoms with van der Waals surface area (Å²) in [6.45, 7) is 5.72. The lowest BCUT2D eigenvalue weighted by molar-refractivity contribution is -0.136. The van der Waals surface area contributed by atoms with Gasteiger partial charge in [0.15, 0.2) is 0 Å². The van der Waals surface area contributed by atoms with Crippen molar-refractivity contribution >= 4 is 107 Å². The molecule has 0 fully saturated rings. The monoisotopic (exact) mass is 696 g/mol. The first kappa shape index (κ1) is 30.6. The zero-order chi connectivity index (χ0) is 34.0. The van der Waals surface area contributed by atoms with Crippen LogP contribution < -0.4 is 4.90 Å². The molecular formula is C36H24N8O2S3. The molecule has 1 aliphatic rings. The minimum absolute atomic E-state index is 0.00869. The van der Waals surface area contributed by atoms with Crippen molar-refractivity contribution in [2.45, 2.75) is 20.8 Å². The highest BCUT2D eigenvalue weighted by Gasteiger charge is 2.34. The van der Waals surface area contributed by atoms with Crippen LogP contribution in [0.1, 0.15) is 18.1 Å². The van der Waals surface area contributed by atoms with Gasteiger partial charge >= 0.3 is 0 Å². The van der Waals surface area contributed by atoms with E-state index < -0.39 is 11.8 Å². The van der Waals surface area contributed by atoms with Gasteiger partial charge in [0.1, 0.15) is 44.4 Å². The normalized spacial score (nSPS) is 14.5. The summed E-state index contributed by atoms with van der Waals surface area (Å²) >= 11 is 3.83. The van der Waals surface area contributed by atoms with Gasteiger partial charge in [0.25, 0.3) is 11.8 Å². The smallest absolute Gasteiger partial charge is 0.279 e. The van der Waals surface area contributed by atoms with Gasteiger partial charge in [-0.3, -0.25) is 14.5 Å². The number of fused-ring (bicyclic) bond motifs is 5. The molecule has 4 heterocycles. The Morgan fingerprint density at radius 2 is 1.31 bits per heavy atom. The number of aryl methyl sites for hydroxylation is 2. The minimum Gasteiger partial charge on any atom is -0.302 e. The number of rotatable bonds is 5. The van der Waals surface area contributed by atoms with Crippen LogP contribution in [0.15, 0.2) is 88.9 Å². The van der Waals surface area contributed by atoms with Crippen LogP contribution in [0.5, 0.6) is 0 Å². The molecule has 0 bridgehead atoms. The molecule has 0 spiro atoms. The van der Waals surface area contributed by atoms with Crippen LogP contribution in [0.25, 0.3) is 43.3 Å². The Bertz CT molecular complexity index is 2560. The Morgan fingerprint density at radius 1 is 0.735 bits per heavy atom. The first-order valence-electron chi connectivity index (χ1n) is 15.1. The van der Waals surface area contributed by atoms with E-state index in [-0.39, 0.29) is 16.9 Å². The molecule has 0 atom stereocenters. The second-order valence-corrected chi connectivity index (χ2v) is 13.8. The highest BCUT2D eigenvalue weighted by atomic mass is 32.1. The molecule has 0 unspecified atom stereocenters. The number of hydrogen-bond donors (Lipinski definition) is 0. The van der Waals surface area contributed by atoms with E-state index in [1.165, 1.54) is 18.2 Å². The average molecular weight is 697 g/mol. The molecule has 0 saturated heterocycles. The Morgan fingerprint density at radius 3 is 1.94 bits per heavy atom. The lowest BCUT2D eigenvalue weighted by atomic mass is 9.98. The molecule has 1 aliphatic heterocycles. The third kappa shape index (κ3) is 5.00. The van der Waals surface area contributed by atoms with Crippen molar-refractivity contribution in [2.75, 3.05) is 11.9 Å². The summed E-state index contributed by atoms with van der Waals surface area (Å²) in [4.78, 5) is 34.6. The molecule has 238 valence electrons. The molecule has 3 aromatic heterocycles. The fourth-order valence-corrected chi connectivity index (χ4v) is 8.15. The second-order valence-electron chi connectivity index (χ2n) is 11.7. The maximum absolute atomic E-state index is 13.2. The lowest BCUT2D eigenvalue weighted by Crippen LogP contribution is -2.44. The largest absolute Gasteiger partial charge is 0.302 e. The van der Waals surface area contributed by atoms with Gasteiger partial charge in [-0.15, -0.1) is 11.3 Å². The summed E-state index contributed by atoms with van der Waals surface area (Å²) in [5.74, 6) is -1.24. The van der Waals surface area contributed by atoms with Crippen LogP contribution in [0, 0.1) is 25.2 Å². The molecule has 0 radical (unpaired) electrons. The maximum Gasteiger partial charge on any atom is 0.279 e. The number of carbonyl (C=O) groups excluding carboxylic acids is 2. The molecule has 8 rings (SSSR count). The molecule has 2 amide bonds. The number of likely N-dealkylation sites (N-methyl/N-ethyl adjacent to an activating group) is 1. The zero-order valence-electron chi connectivity index (χ0n) is 26.5. The number of nitriles is 1. The van der Waals surface area contributed by atoms with Gasteiger partial charge < -0.3 is 4.90 Å². The Hall–Kier alpha value is -5.68. The highest BCUT2D eigenvalue weighted by Crippen LogP contribution is 2.46. The van der Waals surface area contributed by atoms with Crippen molar-refractivity contribution in [1.29, 1.82) is 5.26 Å². The average Bonchev–Trinajstić information content (AvgIpc) is 3.90. The highest BCUT2D eigenvalue weighted by molar-refractivity contribution is 7.19. The van der Waals surface area contributed by atoms with Gasteiger partial charge in [-0.2, -0.15) is 22.8 Å². The molecule has 7 aromatic rings. The van der Waals surface area contributed by atoms with Crippen LogP contribution in [-0.2, 0) is 9.59 Å². The van der Waals surface area contributed by atoms with Gasteiger partial charge in [-0.25, -0.2) is 4.99 Å². The van der Waals surface area contributed by atoms with E-state index >= 15 is 0 Å². The summed E-state index contributed by atoms with van der Waals surface area (Å²) in [6.07, 6.45) is 0. The number of hydrogen-bond acceptors (Lipinski definition) is 12. The van der Waals surface area contributed by atoms with Gasteiger partial charge in [0.05, 0.1) is 29.1 Å². The number of thiophene rings is 1. The van der Waals surface area contributed by atoms with Crippen molar-refractivity contribution in [3.8, 4) is 16.5 Å². The molecule has 49 heavy (non-hydrogen) atoms. The SMILES string of the molecule is CC1=C(C#N)C(=O)N(C)C(=O)C1=Nc1cc2c(cc(-c3ccc(N(c4ccc(C)cc4)c4ccc(C)cc4)s3)c3nsnc32)c2nsnc12. The van der Waals surface area contributed by atoms with E-state index in [0.717, 1.165) is 71.5 Å². The summed E-state index contributed by atoms with van der Waals surface area (Å²) in [7, 11) is 1.34. The fraction of sp³-hybridized carbons (Fsp3) is 0.111. The zero-order valence-corrected chi connectivity index (χ0v) is 29.0. The van der Waals surface area contributed by atoms with Gasteiger partial charge in [0.2, 0.25) is 0 Å². The summed E-state index contributed by atoms with van der Waals surface area (Å²) in [5, 5.41) is 12.3. The van der Waals surface area contributed by atoms with Gasteiger partial charge in [-0.05, 0) is 69.3 Å². The van der Waals surface area contributed by atoms with Crippen LogP contribution >= 0.6 is 34.8 Å². The number of nitrogens with zero attached hydrogens (tertiary/aromatic N) is 8. The van der Waals surface area contributed by atoms with Crippen molar-refractivity contribution in [2.24, 2.45) is 4.99 Å². The van der Waals surface area contributed by atoms with E-state index in [4.69, 9.17) is 13.7 Å². The topological polar surface area (TPSA) is 128 Å². The molecule has 4 aromatic carbocycles. The van der Waals surface area contributed by atoms with Crippen LogP contribution in [-0.4, -0.2) is 47.0 Å². The summed E-state index contributed by atoms with van der Waals surface area (Å²) in [6, 6.07) is 27.1. The van der Waals surface area contributed by atoms with Gasteiger partial charge in [0, 0.05) is 45.2 Å². The number of carbonyl (C=O) groups is 2. The number of benzene rings is 4. The Labute approximate surface area is 292 Å². The number of anilines is 3. The van der Waals surface area contributed by atoms with Crippen LogP contribution in [0.2, 0.25) is 0 Å². The van der Waals surface area contributed by atoms with Crippen molar-refractivity contribution in [1.82, 2.24) is 22.4 Å². The standard InChI is InChI=1S/C36H24N8O2S3/c1-18-5-9-21(10-6-18)44(22-11-7-19(2)8-12-22)29-14-13-28(47-29)25-15-23-24(31-33(25)41-48-39-31)16-27(34-32(23)40-49-42-34)38-30-20(3)26(17-37)35(45)43(4)36(30)46/h5-16H,1-4H3. The first-order chi connectivity index (χ1) is 23.7. The maximum atomic E-state index is 13.2. The van der Waals surface area contributed by atoms with Crippen LogP contribution in [0.3, 0.4) is 0 Å². The fourth-order valence-electron chi connectivity index (χ4n) is 5.94. The van der Waals surface area contributed by atoms with E-state index in [2.05, 4.69) is 94.2 Å². The number of amides is 2. The third-order valence-electron chi connectivity index (χ3n) is 8.61. The predicted octanol–water partition coefficient (Wildman–Crippen LogP) is 8.58. The number of aromatic nitrogens is 4. The molecule has 0 saturated carbocycles. The first-order valence-corrected chi connectivity index (χ1v) is 17.4. The molecule has 13 heteroatoms. The lowest BCUT2D eigenvalue weighted by Gasteiger charge is -2.24. The number of imide groups is 1. The summed E-state index contributed by atoms with van der Waals surface area (Å²) < 4.78 is 18.6. The van der Waals surface area contributed by atoms with Crippen molar-refractivity contribution in [3.05, 3.63) is 95.1 Å². The second kappa shape index (κ2) is 11.8. The van der Waals surface area contributed by atoms with Gasteiger partial charge in [-0.1, -0.05) is 35.4 Å². The van der Waals surface area contributed by atoms with E-state index in [1.807, 2.05) is 12.1 Å². The Kier molecular flexibility index (Phi) is 7.37. The number of aliphatic imine (C=N–C) groups is 1. The van der Waals surface area contributed by atoms with Crippen LogP contribution in [0.4, 0.5) is 22.1 Å². The summed E-state index contributed by atoms with van der Waals surface area (Å²) in [5.41, 5.74) is 8.49. The van der Waals surface area contributed by atoms with Crippen molar-refractivity contribution in [3.63, 3.8) is 0 Å². The molecule has 0 N–H and O–H groups in total. The quantitative estimate of drug-likeness (QED) is 0.164. The molecular weight excluding hydrogens is 673 g/mol. The van der Waals surface area contributed by atoms with E-state index in [9.17, 15) is 14.9 Å².